The van der Waals surface area contributed by atoms with Crippen LogP contribution in [0, 0.1) is 0 Å². The number of amides is 1. The first-order valence-corrected chi connectivity index (χ1v) is 8.61. The van der Waals surface area contributed by atoms with Crippen molar-refractivity contribution in [3.05, 3.63) is 29.8 Å². The minimum atomic E-state index is -0.194. The van der Waals surface area contributed by atoms with Crippen LogP contribution in [0.15, 0.2) is 24.3 Å². The monoisotopic (exact) mass is 318 g/mol. The number of hydrogen-bond acceptors (Lipinski definition) is 4. The molecule has 126 valence electrons. The Kier molecular flexibility index (Phi) is 5.51. The van der Waals surface area contributed by atoms with Gasteiger partial charge in [0.05, 0.1) is 6.61 Å². The maximum atomic E-state index is 12.4. The summed E-state index contributed by atoms with van der Waals surface area (Å²) in [6, 6.07) is 8.20. The highest BCUT2D eigenvalue weighted by Gasteiger charge is 2.30. The highest BCUT2D eigenvalue weighted by molar-refractivity contribution is 5.81. The number of para-hydroxylation sites is 1. The van der Waals surface area contributed by atoms with Crippen LogP contribution in [0.1, 0.15) is 25.3 Å². The maximum absolute atomic E-state index is 12.4. The molecule has 1 aromatic rings. The molecule has 1 atom stereocenters. The Labute approximate surface area is 138 Å². The van der Waals surface area contributed by atoms with Crippen molar-refractivity contribution in [2.75, 3.05) is 39.4 Å². The third-order valence-corrected chi connectivity index (χ3v) is 4.56. The number of piperazine rings is 1. The summed E-state index contributed by atoms with van der Waals surface area (Å²) >= 11 is 0. The van der Waals surface area contributed by atoms with Crippen molar-refractivity contribution in [3.63, 3.8) is 0 Å². The molecule has 0 saturated carbocycles. The molecule has 2 aliphatic heterocycles. The largest absolute Gasteiger partial charge is 0.494 e. The van der Waals surface area contributed by atoms with E-state index in [0.29, 0.717) is 6.61 Å². The maximum Gasteiger partial charge on any atom is 0.251 e. The van der Waals surface area contributed by atoms with Crippen LogP contribution in [0.5, 0.6) is 5.75 Å². The Morgan fingerprint density at radius 2 is 2.04 bits per heavy atom. The molecular weight excluding hydrogens is 292 g/mol. The standard InChI is InChI=1S/C18H26N2O3/c1-2-22-16-7-4-3-6-15(16)14-19-9-11-20(12-10-19)18(21)17-8-5-13-23-17/h3-4,6-7,17H,2,5,8-14H2,1H3. The summed E-state index contributed by atoms with van der Waals surface area (Å²) in [7, 11) is 0. The molecule has 1 aromatic carbocycles. The molecule has 5 nitrogen and oxygen atoms in total. The first-order valence-electron chi connectivity index (χ1n) is 8.61. The molecule has 3 rings (SSSR count). The predicted molar refractivity (Wildman–Crippen MR) is 88.4 cm³/mol. The molecule has 23 heavy (non-hydrogen) atoms. The molecule has 2 fully saturated rings. The van der Waals surface area contributed by atoms with Crippen LogP contribution in [0.4, 0.5) is 0 Å². The van der Waals surface area contributed by atoms with E-state index >= 15 is 0 Å². The average molecular weight is 318 g/mol. The third kappa shape index (κ3) is 4.03. The van der Waals surface area contributed by atoms with Gasteiger partial charge in [-0.3, -0.25) is 9.69 Å². The molecule has 2 heterocycles. The zero-order valence-corrected chi connectivity index (χ0v) is 13.9. The lowest BCUT2D eigenvalue weighted by molar-refractivity contribution is -0.142. The molecule has 2 saturated heterocycles. The van der Waals surface area contributed by atoms with E-state index in [9.17, 15) is 4.79 Å². The van der Waals surface area contributed by atoms with Gasteiger partial charge in [0.25, 0.3) is 5.91 Å². The zero-order chi connectivity index (χ0) is 16.1. The second-order valence-electron chi connectivity index (χ2n) is 6.14. The molecule has 5 heteroatoms. The van der Waals surface area contributed by atoms with Gasteiger partial charge in [-0.2, -0.15) is 0 Å². The Morgan fingerprint density at radius 3 is 2.74 bits per heavy atom. The second kappa shape index (κ2) is 7.79. The zero-order valence-electron chi connectivity index (χ0n) is 13.9. The number of benzene rings is 1. The molecule has 0 bridgehead atoms. The number of carbonyl (C=O) groups is 1. The second-order valence-corrected chi connectivity index (χ2v) is 6.14. The predicted octanol–water partition coefficient (Wildman–Crippen LogP) is 1.91. The van der Waals surface area contributed by atoms with E-state index in [-0.39, 0.29) is 12.0 Å². The molecule has 0 spiro atoms. The van der Waals surface area contributed by atoms with Gasteiger partial charge in [0.15, 0.2) is 0 Å². The summed E-state index contributed by atoms with van der Waals surface area (Å²) in [5, 5.41) is 0. The first kappa shape index (κ1) is 16.3. The fourth-order valence-electron chi connectivity index (χ4n) is 3.27. The van der Waals surface area contributed by atoms with E-state index in [1.807, 2.05) is 24.0 Å². The van der Waals surface area contributed by atoms with Crippen molar-refractivity contribution in [1.29, 1.82) is 0 Å². The van der Waals surface area contributed by atoms with Crippen LogP contribution in [-0.2, 0) is 16.1 Å². The van der Waals surface area contributed by atoms with Gasteiger partial charge in [0, 0.05) is 44.9 Å². The number of rotatable bonds is 5. The van der Waals surface area contributed by atoms with E-state index in [4.69, 9.17) is 9.47 Å². The molecule has 0 aromatic heterocycles. The molecule has 1 amide bonds. The Bertz CT molecular complexity index is 521. The molecule has 2 aliphatic rings. The third-order valence-electron chi connectivity index (χ3n) is 4.56. The van der Waals surface area contributed by atoms with Gasteiger partial charge in [0.1, 0.15) is 11.9 Å². The topological polar surface area (TPSA) is 42.0 Å². The smallest absolute Gasteiger partial charge is 0.251 e. The van der Waals surface area contributed by atoms with E-state index < -0.39 is 0 Å². The lowest BCUT2D eigenvalue weighted by Crippen LogP contribution is -2.51. The molecule has 0 radical (unpaired) electrons. The Balaban J connectivity index is 1.52. The molecule has 1 unspecified atom stereocenters. The lowest BCUT2D eigenvalue weighted by Gasteiger charge is -2.36. The van der Waals surface area contributed by atoms with Crippen molar-refractivity contribution in [2.24, 2.45) is 0 Å². The molecule has 0 N–H and O–H groups in total. The van der Waals surface area contributed by atoms with Gasteiger partial charge in [0.2, 0.25) is 0 Å². The highest BCUT2D eigenvalue weighted by Crippen LogP contribution is 2.21. The fraction of sp³-hybridized carbons (Fsp3) is 0.611. The minimum absolute atomic E-state index is 0.178. The van der Waals surface area contributed by atoms with Crippen LogP contribution in [0.25, 0.3) is 0 Å². The molecular formula is C18H26N2O3. The van der Waals surface area contributed by atoms with E-state index in [1.54, 1.807) is 0 Å². The number of ether oxygens (including phenoxy) is 2. The van der Waals surface area contributed by atoms with Gasteiger partial charge in [-0.15, -0.1) is 0 Å². The van der Waals surface area contributed by atoms with Crippen molar-refractivity contribution < 1.29 is 14.3 Å². The van der Waals surface area contributed by atoms with Gasteiger partial charge >= 0.3 is 0 Å². The molecule has 0 aliphatic carbocycles. The van der Waals surface area contributed by atoms with E-state index in [2.05, 4.69) is 17.0 Å². The number of carbonyl (C=O) groups excluding carboxylic acids is 1. The number of hydrogen-bond donors (Lipinski definition) is 0. The van der Waals surface area contributed by atoms with Crippen LogP contribution in [0.3, 0.4) is 0 Å². The summed E-state index contributed by atoms with van der Waals surface area (Å²) in [6.45, 7) is 7.67. The highest BCUT2D eigenvalue weighted by atomic mass is 16.5. The summed E-state index contributed by atoms with van der Waals surface area (Å²) < 4.78 is 11.2. The summed E-state index contributed by atoms with van der Waals surface area (Å²) in [5.41, 5.74) is 1.22. The van der Waals surface area contributed by atoms with E-state index in [0.717, 1.165) is 57.9 Å². The van der Waals surface area contributed by atoms with Gasteiger partial charge < -0.3 is 14.4 Å². The van der Waals surface area contributed by atoms with Crippen LogP contribution in [0.2, 0.25) is 0 Å². The van der Waals surface area contributed by atoms with Crippen molar-refractivity contribution in [2.45, 2.75) is 32.4 Å². The fourth-order valence-corrected chi connectivity index (χ4v) is 3.27. The number of nitrogens with zero attached hydrogens (tertiary/aromatic N) is 2. The Morgan fingerprint density at radius 1 is 1.26 bits per heavy atom. The minimum Gasteiger partial charge on any atom is -0.494 e. The van der Waals surface area contributed by atoms with Gasteiger partial charge in [-0.1, -0.05) is 18.2 Å². The van der Waals surface area contributed by atoms with Crippen molar-refractivity contribution in [1.82, 2.24) is 9.80 Å². The van der Waals surface area contributed by atoms with Crippen molar-refractivity contribution >= 4 is 5.91 Å². The quantitative estimate of drug-likeness (QED) is 0.832. The first-order chi connectivity index (χ1) is 11.3. The summed E-state index contributed by atoms with van der Waals surface area (Å²) in [5.74, 6) is 1.14. The van der Waals surface area contributed by atoms with Crippen LogP contribution in [-0.4, -0.2) is 61.2 Å². The summed E-state index contributed by atoms with van der Waals surface area (Å²) in [4.78, 5) is 16.7. The van der Waals surface area contributed by atoms with E-state index in [1.165, 1.54) is 5.56 Å². The van der Waals surface area contributed by atoms with Crippen molar-refractivity contribution in [3.8, 4) is 5.75 Å². The normalized spacial score (nSPS) is 22.3. The summed E-state index contributed by atoms with van der Waals surface area (Å²) in [6.07, 6.45) is 1.69. The average Bonchev–Trinajstić information content (AvgIpc) is 3.11. The SMILES string of the molecule is CCOc1ccccc1CN1CCN(C(=O)C2CCCO2)CC1. The van der Waals surface area contributed by atoms with Crippen LogP contribution >= 0.6 is 0 Å². The van der Waals surface area contributed by atoms with Crippen LogP contribution < -0.4 is 4.74 Å². The Hall–Kier alpha value is -1.59. The lowest BCUT2D eigenvalue weighted by atomic mass is 10.1. The van der Waals surface area contributed by atoms with Gasteiger partial charge in [-0.05, 0) is 25.8 Å². The van der Waals surface area contributed by atoms with Gasteiger partial charge in [-0.25, -0.2) is 0 Å².